The van der Waals surface area contributed by atoms with Crippen molar-refractivity contribution in [1.82, 2.24) is 5.32 Å². The van der Waals surface area contributed by atoms with Crippen LogP contribution in [0.1, 0.15) is 12.8 Å². The van der Waals surface area contributed by atoms with Crippen LogP contribution >= 0.6 is 0 Å². The van der Waals surface area contributed by atoms with Crippen LogP contribution in [-0.4, -0.2) is 26.0 Å². The highest BCUT2D eigenvalue weighted by molar-refractivity contribution is 4.72. The van der Waals surface area contributed by atoms with E-state index in [0.717, 1.165) is 6.54 Å². The Bertz CT molecular complexity index is 83.8. The lowest BCUT2D eigenvalue weighted by Crippen LogP contribution is -2.27. The predicted molar refractivity (Wildman–Crippen MR) is 37.1 cm³/mol. The van der Waals surface area contributed by atoms with E-state index in [1.54, 1.807) is 0 Å². The molecule has 1 aliphatic heterocycles. The smallest absolute Gasteiger partial charge is 0.166 e. The quantitative estimate of drug-likeness (QED) is 0.322. The summed E-state index contributed by atoms with van der Waals surface area (Å²) in [6.07, 6.45) is 2.45. The summed E-state index contributed by atoms with van der Waals surface area (Å²) >= 11 is 0. The van der Waals surface area contributed by atoms with Gasteiger partial charge in [-0.25, -0.2) is 5.90 Å². The van der Waals surface area contributed by atoms with Gasteiger partial charge in [-0.3, -0.25) is 4.84 Å². The maximum Gasteiger partial charge on any atom is 0.166 e. The Kier molecular flexibility index (Phi) is 3.67. The third-order valence-electron chi connectivity index (χ3n) is 1.63. The molecule has 0 saturated carbocycles. The Labute approximate surface area is 60.6 Å². The molecule has 0 aliphatic carbocycles. The van der Waals surface area contributed by atoms with Crippen LogP contribution in [0.4, 0.5) is 0 Å². The Morgan fingerprint density at radius 1 is 1.60 bits per heavy atom. The van der Waals surface area contributed by atoms with Crippen LogP contribution in [0.2, 0.25) is 0 Å². The van der Waals surface area contributed by atoms with Crippen molar-refractivity contribution < 1.29 is 9.57 Å². The van der Waals surface area contributed by atoms with Gasteiger partial charge in [-0.05, 0) is 19.4 Å². The average molecular weight is 146 g/mol. The first-order valence-corrected chi connectivity index (χ1v) is 3.56. The van der Waals surface area contributed by atoms with Crippen molar-refractivity contribution >= 4 is 0 Å². The Morgan fingerprint density at radius 3 is 3.10 bits per heavy atom. The molecule has 0 aromatic carbocycles. The van der Waals surface area contributed by atoms with E-state index in [4.69, 9.17) is 10.6 Å². The number of nitrogens with one attached hydrogen (secondary N) is 1. The van der Waals surface area contributed by atoms with Crippen molar-refractivity contribution in [2.45, 2.75) is 18.9 Å². The van der Waals surface area contributed by atoms with Crippen LogP contribution in [0.15, 0.2) is 0 Å². The fraction of sp³-hybridized carbons (Fsp3) is 1.00. The number of hydrogen-bond acceptors (Lipinski definition) is 4. The minimum atomic E-state index is 0.193. The van der Waals surface area contributed by atoms with E-state index < -0.39 is 0 Å². The lowest BCUT2D eigenvalue weighted by atomic mass is 10.2. The van der Waals surface area contributed by atoms with E-state index in [-0.39, 0.29) is 6.79 Å². The molecule has 4 nitrogen and oxygen atoms in total. The molecular weight excluding hydrogens is 132 g/mol. The van der Waals surface area contributed by atoms with Crippen molar-refractivity contribution in [3.8, 4) is 0 Å². The first kappa shape index (κ1) is 7.94. The van der Waals surface area contributed by atoms with Crippen LogP contribution in [0, 0.1) is 0 Å². The second kappa shape index (κ2) is 4.62. The monoisotopic (exact) mass is 146 g/mol. The van der Waals surface area contributed by atoms with E-state index >= 15 is 0 Å². The van der Waals surface area contributed by atoms with Gasteiger partial charge >= 0.3 is 0 Å². The first-order chi connectivity index (χ1) is 4.93. The van der Waals surface area contributed by atoms with Gasteiger partial charge in [0.1, 0.15) is 0 Å². The Morgan fingerprint density at radius 2 is 2.50 bits per heavy atom. The van der Waals surface area contributed by atoms with E-state index in [1.165, 1.54) is 12.8 Å². The molecule has 0 aromatic rings. The maximum atomic E-state index is 5.06. The Hall–Kier alpha value is -0.160. The van der Waals surface area contributed by atoms with Crippen LogP contribution in [-0.2, 0) is 9.57 Å². The van der Waals surface area contributed by atoms with Crippen molar-refractivity contribution in [1.29, 1.82) is 0 Å². The Balaban J connectivity index is 1.91. The summed E-state index contributed by atoms with van der Waals surface area (Å²) in [5.74, 6) is 4.77. The highest BCUT2D eigenvalue weighted by Gasteiger charge is 2.12. The standard InChI is InChI=1S/C6H14N2O2/c7-10-5-9-4-6-2-1-3-8-6/h6,8H,1-5,7H2. The highest BCUT2D eigenvalue weighted by Crippen LogP contribution is 2.04. The van der Waals surface area contributed by atoms with Gasteiger partial charge in [-0.2, -0.15) is 0 Å². The van der Waals surface area contributed by atoms with Crippen molar-refractivity contribution in [3.63, 3.8) is 0 Å². The van der Waals surface area contributed by atoms with Gasteiger partial charge < -0.3 is 10.1 Å². The van der Waals surface area contributed by atoms with Gasteiger partial charge in [0.2, 0.25) is 0 Å². The molecule has 0 amide bonds. The number of nitrogens with two attached hydrogens (primary N) is 1. The van der Waals surface area contributed by atoms with E-state index in [9.17, 15) is 0 Å². The minimum absolute atomic E-state index is 0.193. The molecule has 60 valence electrons. The summed E-state index contributed by atoms with van der Waals surface area (Å²) in [5, 5.41) is 3.29. The van der Waals surface area contributed by atoms with Crippen LogP contribution < -0.4 is 11.2 Å². The number of ether oxygens (including phenoxy) is 1. The summed E-state index contributed by atoms with van der Waals surface area (Å²) in [4.78, 5) is 4.25. The molecule has 10 heavy (non-hydrogen) atoms. The molecule has 0 radical (unpaired) electrons. The first-order valence-electron chi connectivity index (χ1n) is 3.56. The van der Waals surface area contributed by atoms with Gasteiger partial charge in [0.25, 0.3) is 0 Å². The second-order valence-corrected chi connectivity index (χ2v) is 2.45. The molecule has 0 bridgehead atoms. The molecule has 0 aromatic heterocycles. The van der Waals surface area contributed by atoms with E-state index in [1.807, 2.05) is 0 Å². The van der Waals surface area contributed by atoms with E-state index in [0.29, 0.717) is 12.6 Å². The predicted octanol–water partition coefficient (Wildman–Crippen LogP) is -0.397. The molecule has 1 unspecified atom stereocenters. The summed E-state index contributed by atoms with van der Waals surface area (Å²) in [5.41, 5.74) is 0. The molecule has 3 N–H and O–H groups in total. The van der Waals surface area contributed by atoms with Crippen LogP contribution in [0.25, 0.3) is 0 Å². The molecule has 4 heteroatoms. The maximum absolute atomic E-state index is 5.06. The zero-order valence-corrected chi connectivity index (χ0v) is 6.01. The number of hydrogen-bond donors (Lipinski definition) is 2. The summed E-state index contributed by atoms with van der Waals surface area (Å²) in [7, 11) is 0. The largest absolute Gasteiger partial charge is 0.352 e. The summed E-state index contributed by atoms with van der Waals surface area (Å²) in [6, 6.07) is 0.509. The highest BCUT2D eigenvalue weighted by atomic mass is 16.7. The third kappa shape index (κ3) is 2.62. The molecule has 1 fully saturated rings. The van der Waals surface area contributed by atoms with Crippen molar-refractivity contribution in [3.05, 3.63) is 0 Å². The zero-order chi connectivity index (χ0) is 7.23. The molecule has 1 rings (SSSR count). The second-order valence-electron chi connectivity index (χ2n) is 2.45. The SMILES string of the molecule is NOCOCC1CCCN1. The summed E-state index contributed by atoms with van der Waals surface area (Å²) < 4.78 is 5.06. The lowest BCUT2D eigenvalue weighted by molar-refractivity contribution is -0.0603. The topological polar surface area (TPSA) is 56.5 Å². The number of rotatable bonds is 4. The van der Waals surface area contributed by atoms with Gasteiger partial charge in [-0.15, -0.1) is 0 Å². The summed E-state index contributed by atoms with van der Waals surface area (Å²) in [6.45, 7) is 2.01. The fourth-order valence-electron chi connectivity index (χ4n) is 1.14. The molecular formula is C6H14N2O2. The minimum Gasteiger partial charge on any atom is -0.352 e. The molecule has 1 saturated heterocycles. The molecule has 0 spiro atoms. The van der Waals surface area contributed by atoms with Gasteiger partial charge in [0, 0.05) is 6.04 Å². The van der Waals surface area contributed by atoms with Gasteiger partial charge in [-0.1, -0.05) is 0 Å². The third-order valence-corrected chi connectivity index (χ3v) is 1.63. The molecule has 1 aliphatic rings. The van der Waals surface area contributed by atoms with Crippen LogP contribution in [0.5, 0.6) is 0 Å². The van der Waals surface area contributed by atoms with Crippen molar-refractivity contribution in [2.24, 2.45) is 5.90 Å². The zero-order valence-electron chi connectivity index (χ0n) is 6.01. The van der Waals surface area contributed by atoms with E-state index in [2.05, 4.69) is 10.2 Å². The lowest BCUT2D eigenvalue weighted by Gasteiger charge is -2.08. The fourth-order valence-corrected chi connectivity index (χ4v) is 1.14. The van der Waals surface area contributed by atoms with Gasteiger partial charge in [0.05, 0.1) is 6.61 Å². The van der Waals surface area contributed by atoms with Crippen molar-refractivity contribution in [2.75, 3.05) is 19.9 Å². The van der Waals surface area contributed by atoms with Crippen LogP contribution in [0.3, 0.4) is 0 Å². The molecule has 1 heterocycles. The normalized spacial score (nSPS) is 25.5. The van der Waals surface area contributed by atoms with Gasteiger partial charge in [0.15, 0.2) is 6.79 Å². The average Bonchev–Trinajstić information content (AvgIpc) is 2.41. The molecule has 1 atom stereocenters.